The number of nitrogens with one attached hydrogen (secondary N) is 2. The number of carbonyl (C=O) groups excluding carboxylic acids is 4. The molecule has 1 aromatic rings. The smallest absolute Gasteiger partial charge is 0.262 e. The Morgan fingerprint density at radius 3 is 2.59 bits per heavy atom. The van der Waals surface area contributed by atoms with Crippen LogP contribution in [0.3, 0.4) is 0 Å². The van der Waals surface area contributed by atoms with E-state index in [1.165, 1.54) is 0 Å². The van der Waals surface area contributed by atoms with E-state index in [1.54, 1.807) is 18.2 Å². The fourth-order valence-corrected chi connectivity index (χ4v) is 3.25. The lowest BCUT2D eigenvalue weighted by Gasteiger charge is -2.27. The highest BCUT2D eigenvalue weighted by Gasteiger charge is 2.44. The summed E-state index contributed by atoms with van der Waals surface area (Å²) in [5, 5.41) is 5.45. The number of benzene rings is 1. The van der Waals surface area contributed by atoms with Gasteiger partial charge in [0, 0.05) is 25.0 Å². The van der Waals surface area contributed by atoms with Crippen molar-refractivity contribution < 1.29 is 19.2 Å². The van der Waals surface area contributed by atoms with E-state index in [0.29, 0.717) is 13.1 Å². The molecule has 2 unspecified atom stereocenters. The largest absolute Gasteiger partial charge is 0.324 e. The van der Waals surface area contributed by atoms with Gasteiger partial charge in [0.25, 0.3) is 11.8 Å². The minimum atomic E-state index is -0.945. The number of imide groups is 2. The van der Waals surface area contributed by atoms with Crippen molar-refractivity contribution in [3.8, 4) is 0 Å². The Hall–Kier alpha value is -2.58. The molecule has 0 radical (unpaired) electrons. The minimum Gasteiger partial charge on any atom is -0.324 e. The topological polar surface area (TPSA) is 122 Å². The van der Waals surface area contributed by atoms with Crippen LogP contribution in [0, 0.1) is 0 Å². The highest BCUT2D eigenvalue weighted by molar-refractivity contribution is 6.23. The zero-order valence-electron chi connectivity index (χ0n) is 15.5. The summed E-state index contributed by atoms with van der Waals surface area (Å²) in [4.78, 5) is 49.8. The van der Waals surface area contributed by atoms with Crippen LogP contribution in [-0.4, -0.2) is 46.7 Å². The van der Waals surface area contributed by atoms with E-state index in [-0.39, 0.29) is 35.4 Å². The zero-order valence-corrected chi connectivity index (χ0v) is 15.5. The van der Waals surface area contributed by atoms with Crippen molar-refractivity contribution in [2.24, 2.45) is 5.73 Å². The van der Waals surface area contributed by atoms with Gasteiger partial charge < -0.3 is 11.1 Å². The normalized spacial score (nSPS) is 21.9. The van der Waals surface area contributed by atoms with Crippen molar-refractivity contribution in [3.63, 3.8) is 0 Å². The molecule has 0 bridgehead atoms. The Kier molecular flexibility index (Phi) is 5.12. The second kappa shape index (κ2) is 7.21. The molecule has 2 heterocycles. The lowest BCUT2D eigenvalue weighted by molar-refractivity contribution is -0.136. The van der Waals surface area contributed by atoms with E-state index in [9.17, 15) is 19.2 Å². The minimum absolute atomic E-state index is 0.105. The second-order valence-corrected chi connectivity index (χ2v) is 7.44. The maximum Gasteiger partial charge on any atom is 0.262 e. The van der Waals surface area contributed by atoms with Gasteiger partial charge in [-0.25, -0.2) is 0 Å². The molecule has 4 amide bonds. The Bertz CT molecular complexity index is 818. The number of nitrogens with two attached hydrogens (primary N) is 1. The number of fused-ring (bicyclic) bond motifs is 1. The first-order valence-electron chi connectivity index (χ1n) is 9.07. The van der Waals surface area contributed by atoms with Crippen LogP contribution in [0.4, 0.5) is 0 Å². The fraction of sp³-hybridized carbons (Fsp3) is 0.474. The number of rotatable bonds is 6. The van der Waals surface area contributed by atoms with E-state index in [1.807, 2.05) is 13.8 Å². The molecular formula is C19H24N4O4. The molecule has 4 N–H and O–H groups in total. The molecule has 2 aliphatic heterocycles. The van der Waals surface area contributed by atoms with Crippen LogP contribution in [0.2, 0.25) is 0 Å². The molecule has 3 rings (SSSR count). The quantitative estimate of drug-likeness (QED) is 0.618. The van der Waals surface area contributed by atoms with Gasteiger partial charge in [-0.05, 0) is 37.5 Å². The molecule has 144 valence electrons. The first-order chi connectivity index (χ1) is 12.7. The van der Waals surface area contributed by atoms with Gasteiger partial charge in [-0.2, -0.15) is 0 Å². The predicted octanol–water partition coefficient (Wildman–Crippen LogP) is 0.305. The van der Waals surface area contributed by atoms with E-state index in [0.717, 1.165) is 16.9 Å². The Morgan fingerprint density at radius 2 is 1.93 bits per heavy atom. The van der Waals surface area contributed by atoms with E-state index in [4.69, 9.17) is 5.73 Å². The van der Waals surface area contributed by atoms with E-state index in [2.05, 4.69) is 10.6 Å². The molecule has 0 aromatic heterocycles. The predicted molar refractivity (Wildman–Crippen MR) is 97.7 cm³/mol. The van der Waals surface area contributed by atoms with Gasteiger partial charge in [-0.1, -0.05) is 13.0 Å². The van der Waals surface area contributed by atoms with Crippen molar-refractivity contribution >= 4 is 23.6 Å². The molecule has 2 atom stereocenters. The number of piperidine rings is 1. The van der Waals surface area contributed by atoms with Gasteiger partial charge in [-0.3, -0.25) is 29.4 Å². The van der Waals surface area contributed by atoms with Crippen LogP contribution in [0.15, 0.2) is 18.2 Å². The number of amides is 4. The third kappa shape index (κ3) is 3.77. The molecule has 8 nitrogen and oxygen atoms in total. The number of hydrogen-bond donors (Lipinski definition) is 3. The van der Waals surface area contributed by atoms with Crippen molar-refractivity contribution in [2.75, 3.05) is 6.54 Å². The molecule has 1 fully saturated rings. The molecule has 1 aromatic carbocycles. The third-order valence-electron chi connectivity index (χ3n) is 5.17. The maximum absolute atomic E-state index is 12.8. The highest BCUT2D eigenvalue weighted by Crippen LogP contribution is 2.28. The van der Waals surface area contributed by atoms with Crippen molar-refractivity contribution in [1.29, 1.82) is 0 Å². The number of carbonyl (C=O) groups is 4. The van der Waals surface area contributed by atoms with Gasteiger partial charge in [0.15, 0.2) is 0 Å². The van der Waals surface area contributed by atoms with Crippen LogP contribution in [-0.2, 0) is 16.1 Å². The van der Waals surface area contributed by atoms with Crippen molar-refractivity contribution in [2.45, 2.75) is 51.2 Å². The summed E-state index contributed by atoms with van der Waals surface area (Å²) >= 11 is 0. The van der Waals surface area contributed by atoms with Crippen LogP contribution < -0.4 is 16.4 Å². The molecule has 2 aliphatic rings. The van der Waals surface area contributed by atoms with Crippen LogP contribution in [0.1, 0.15) is 59.4 Å². The lowest BCUT2D eigenvalue weighted by atomic mass is 10.0. The van der Waals surface area contributed by atoms with Gasteiger partial charge >= 0.3 is 0 Å². The summed E-state index contributed by atoms with van der Waals surface area (Å²) in [6.45, 7) is 5.11. The molecule has 8 heteroatoms. The molecule has 0 spiro atoms. The van der Waals surface area contributed by atoms with Gasteiger partial charge in [-0.15, -0.1) is 0 Å². The summed E-state index contributed by atoms with van der Waals surface area (Å²) in [7, 11) is 0. The lowest BCUT2D eigenvalue weighted by Crippen LogP contribution is -2.54. The SMILES string of the molecule is CCC(C)(N)CNCc1ccc2c(c1)C(=O)N(C1CCC(=O)NC1=O)C2=O. The third-order valence-corrected chi connectivity index (χ3v) is 5.17. The van der Waals surface area contributed by atoms with Gasteiger partial charge in [0.1, 0.15) is 6.04 Å². The van der Waals surface area contributed by atoms with Crippen LogP contribution in [0.5, 0.6) is 0 Å². The maximum atomic E-state index is 12.8. The highest BCUT2D eigenvalue weighted by atomic mass is 16.2. The standard InChI is InChI=1S/C19H24N4O4/c1-3-19(2,20)10-21-9-11-4-5-12-13(8-11)18(27)23(17(12)26)14-6-7-15(24)22-16(14)25/h4-5,8,14,21H,3,6-7,9-10,20H2,1-2H3,(H,22,24,25). The Labute approximate surface area is 157 Å². The summed E-state index contributed by atoms with van der Waals surface area (Å²) in [6.07, 6.45) is 1.09. The Morgan fingerprint density at radius 1 is 1.22 bits per heavy atom. The molecular weight excluding hydrogens is 348 g/mol. The molecule has 27 heavy (non-hydrogen) atoms. The summed E-state index contributed by atoms with van der Waals surface area (Å²) < 4.78 is 0. The van der Waals surface area contributed by atoms with E-state index < -0.39 is 23.8 Å². The molecule has 0 saturated carbocycles. The summed E-state index contributed by atoms with van der Waals surface area (Å²) in [6, 6.07) is 4.12. The van der Waals surface area contributed by atoms with Crippen LogP contribution >= 0.6 is 0 Å². The summed E-state index contributed by atoms with van der Waals surface area (Å²) in [5.41, 5.74) is 7.21. The van der Waals surface area contributed by atoms with E-state index >= 15 is 0 Å². The average molecular weight is 372 g/mol. The van der Waals surface area contributed by atoms with Gasteiger partial charge in [0.2, 0.25) is 11.8 Å². The van der Waals surface area contributed by atoms with Crippen molar-refractivity contribution in [1.82, 2.24) is 15.5 Å². The van der Waals surface area contributed by atoms with Crippen molar-refractivity contribution in [3.05, 3.63) is 34.9 Å². The molecule has 1 saturated heterocycles. The van der Waals surface area contributed by atoms with Crippen LogP contribution in [0.25, 0.3) is 0 Å². The Balaban J connectivity index is 1.75. The first kappa shape index (κ1) is 19.2. The van der Waals surface area contributed by atoms with Gasteiger partial charge in [0.05, 0.1) is 11.1 Å². The average Bonchev–Trinajstić information content (AvgIpc) is 2.86. The number of hydrogen-bond acceptors (Lipinski definition) is 6. The number of nitrogens with zero attached hydrogens (tertiary/aromatic N) is 1. The molecule has 0 aliphatic carbocycles. The monoisotopic (exact) mass is 372 g/mol. The first-order valence-corrected chi connectivity index (χ1v) is 9.07. The fourth-order valence-electron chi connectivity index (χ4n) is 3.25. The zero-order chi connectivity index (χ0) is 19.8. The summed E-state index contributed by atoms with van der Waals surface area (Å²) in [5.74, 6) is -1.99. The second-order valence-electron chi connectivity index (χ2n) is 7.44.